The number of ketones is 4. The minimum absolute atomic E-state index is 0.0508. The molecule has 0 aliphatic heterocycles. The van der Waals surface area contributed by atoms with Gasteiger partial charge in [0.2, 0.25) is 0 Å². The number of pyridine rings is 4. The first kappa shape index (κ1) is 77.6. The minimum Gasteiger partial charge on any atom is -0.390 e. The van der Waals surface area contributed by atoms with Crippen LogP contribution in [0.25, 0.3) is 22.1 Å². The van der Waals surface area contributed by atoms with Gasteiger partial charge in [-0.2, -0.15) is 0 Å². The van der Waals surface area contributed by atoms with Gasteiger partial charge in [-0.15, -0.1) is 0 Å². The molecule has 4 aliphatic carbocycles. The maximum atomic E-state index is 13.7. The van der Waals surface area contributed by atoms with Crippen LogP contribution in [0.15, 0.2) is 97.6 Å². The molecule has 592 valence electrons. The van der Waals surface area contributed by atoms with Gasteiger partial charge in [0.05, 0.1) is 99.2 Å². The van der Waals surface area contributed by atoms with Crippen molar-refractivity contribution in [2.75, 3.05) is 53.7 Å². The highest BCUT2D eigenvalue weighted by Gasteiger charge is 2.46. The number of Topliss-reactive ketones (excluding diaryl/α,β-unsaturated/α-hetero) is 4. The van der Waals surface area contributed by atoms with Gasteiger partial charge in [0.1, 0.15) is 0 Å². The van der Waals surface area contributed by atoms with Crippen LogP contribution < -0.4 is 0 Å². The van der Waals surface area contributed by atoms with E-state index in [2.05, 4.69) is 13.8 Å². The van der Waals surface area contributed by atoms with Crippen LogP contribution in [-0.2, 0) is 44.6 Å². The Hall–Kier alpha value is -5.72. The van der Waals surface area contributed by atoms with Crippen LogP contribution >= 0.6 is 46.4 Å². The third kappa shape index (κ3) is 22.8. The average molecular weight is 1590 g/mol. The van der Waals surface area contributed by atoms with Crippen LogP contribution in [0.3, 0.4) is 0 Å². The SMILES string of the molecule is CCOCCc1cc(C(=O)CCC2(O)CCCC(C)C2)c2c(Cl)cccn12.CCOCCc1cc(C(=O)CC[C@]2(O)CCC[C@H](C)C2)c2c(Cl)cccn12.[2H]C([2H])([2H])OCCc1cc(C(=O)CC[C@@]2(O)CCCC(F)(F)C2)c2c(Cl)cccn12.[2H]C([2H])([2H])OCCc1cc(C(=O)CC[C@]2(O)CCCC(F)(F)C2)c2c(Cl)cccn12. The second-order valence-corrected chi connectivity index (χ2v) is 32.0. The summed E-state index contributed by atoms with van der Waals surface area (Å²) in [6.07, 6.45) is 17.4. The van der Waals surface area contributed by atoms with E-state index in [-0.39, 0.29) is 113 Å². The first-order valence-corrected chi connectivity index (χ1v) is 39.5. The van der Waals surface area contributed by atoms with Gasteiger partial charge in [-0.25, -0.2) is 17.6 Å². The predicted octanol–water partition coefficient (Wildman–Crippen LogP) is 19.5. The van der Waals surface area contributed by atoms with E-state index >= 15 is 0 Å². The maximum absolute atomic E-state index is 13.7. The Morgan fingerprint density at radius 1 is 0.444 bits per heavy atom. The number of aliphatic hydroxyl groups is 4. The molecule has 0 bridgehead atoms. The van der Waals surface area contributed by atoms with Gasteiger partial charge in [-0.3, -0.25) is 19.2 Å². The van der Waals surface area contributed by atoms with Crippen molar-refractivity contribution < 1.29 is 84.3 Å². The predicted molar refractivity (Wildman–Crippen MR) is 417 cm³/mol. The highest BCUT2D eigenvalue weighted by Crippen LogP contribution is 2.45. The molecule has 4 aliphatic rings. The molecule has 4 fully saturated rings. The Kier molecular flexibility index (Phi) is 27.8. The van der Waals surface area contributed by atoms with Gasteiger partial charge in [-0.05, 0) is 176 Å². The van der Waals surface area contributed by atoms with Crippen molar-refractivity contribution in [3.8, 4) is 0 Å². The van der Waals surface area contributed by atoms with E-state index in [0.29, 0.717) is 129 Å². The highest BCUT2D eigenvalue weighted by atomic mass is 35.5. The quantitative estimate of drug-likeness (QED) is 0.0189. The zero-order valence-electron chi connectivity index (χ0n) is 68.3. The number of fused-ring (bicyclic) bond motifs is 4. The Morgan fingerprint density at radius 2 is 0.722 bits per heavy atom. The molecule has 0 radical (unpaired) electrons. The number of alkyl halides is 4. The lowest BCUT2D eigenvalue weighted by atomic mass is 9.76. The number of nitrogens with zero attached hydrogens (tertiary/aromatic N) is 4. The number of halogens is 8. The second kappa shape index (κ2) is 38.7. The number of methoxy groups -OCH3 is 2. The summed E-state index contributed by atoms with van der Waals surface area (Å²) < 4.78 is 125. The van der Waals surface area contributed by atoms with E-state index in [9.17, 15) is 57.2 Å². The molecule has 24 heteroatoms. The number of hydrogen-bond donors (Lipinski definition) is 4. The van der Waals surface area contributed by atoms with Crippen LogP contribution in [0, 0.1) is 11.8 Å². The van der Waals surface area contributed by atoms with Crippen LogP contribution in [-0.4, -0.2) is 149 Å². The Balaban J connectivity index is 0.000000174. The number of carbonyl (C=O) groups excluding carboxylic acids is 4. The number of carbonyl (C=O) groups is 4. The summed E-state index contributed by atoms with van der Waals surface area (Å²) in [6, 6.07) is 21.2. The van der Waals surface area contributed by atoms with Crippen LogP contribution in [0.1, 0.15) is 254 Å². The summed E-state index contributed by atoms with van der Waals surface area (Å²) in [6.45, 7) is 10.7. The number of ether oxygens (including phenoxy) is 4. The molecule has 0 saturated heterocycles. The summed E-state index contributed by atoms with van der Waals surface area (Å²) in [5.74, 6) is -5.32. The molecule has 4 N–H and O–H groups in total. The molecule has 0 aromatic carbocycles. The molecular weight excluding hydrogens is 1470 g/mol. The lowest BCUT2D eigenvalue weighted by Crippen LogP contribution is -2.41. The fourth-order valence-electron chi connectivity index (χ4n) is 16.4. The van der Waals surface area contributed by atoms with Crippen molar-refractivity contribution in [1.82, 2.24) is 17.6 Å². The largest absolute Gasteiger partial charge is 0.390 e. The maximum Gasteiger partial charge on any atom is 0.250 e. The van der Waals surface area contributed by atoms with Crippen molar-refractivity contribution in [2.24, 2.45) is 11.8 Å². The number of aromatic nitrogens is 4. The number of hydrogen-bond acceptors (Lipinski definition) is 12. The Morgan fingerprint density at radius 3 is 0.991 bits per heavy atom. The van der Waals surface area contributed by atoms with Crippen LogP contribution in [0.2, 0.25) is 20.1 Å². The third-order valence-electron chi connectivity index (χ3n) is 21.8. The fourth-order valence-corrected chi connectivity index (χ4v) is 17.5. The van der Waals surface area contributed by atoms with E-state index in [4.69, 9.17) is 73.6 Å². The summed E-state index contributed by atoms with van der Waals surface area (Å²) in [7, 11) is -5.03. The van der Waals surface area contributed by atoms with E-state index in [0.717, 1.165) is 73.8 Å². The van der Waals surface area contributed by atoms with Gasteiger partial charge in [0.15, 0.2) is 23.1 Å². The number of rotatable bonds is 30. The molecule has 8 aromatic heterocycles. The zero-order valence-corrected chi connectivity index (χ0v) is 65.3. The van der Waals surface area contributed by atoms with Crippen LogP contribution in [0.5, 0.6) is 0 Å². The van der Waals surface area contributed by atoms with Crippen molar-refractivity contribution in [3.63, 3.8) is 0 Å². The van der Waals surface area contributed by atoms with Gasteiger partial charge >= 0.3 is 0 Å². The molecule has 0 amide bonds. The molecule has 0 spiro atoms. The van der Waals surface area contributed by atoms with Crippen LogP contribution in [0.4, 0.5) is 17.6 Å². The first-order chi connectivity index (χ1) is 53.6. The van der Waals surface area contributed by atoms with Crippen molar-refractivity contribution in [1.29, 1.82) is 0 Å². The normalized spacial score (nSPS) is 23.7. The standard InChI is InChI=1S/2C22H30ClNO3.2C20H24ClF2NO3/c2*1-3-27-13-9-17-14-18(21-19(23)7-5-12-24(17)21)20(25)8-11-22(26)10-4-6-16(2)15-22;2*1-27-11-6-14-12-15(18-16(21)4-2-10-24(14)18)17(25)5-9-19(26)7-3-8-20(22,23)13-19/h2*5,7,12,14,16,26H,3-4,6,8-11,13,15H2,1-2H3;2*2,4,10,12,26H,3,5-9,11,13H2,1H3/t16-,22+;;2*19-/m0.10/s1/i;;2*1D3. The Labute approximate surface area is 660 Å². The van der Waals surface area contributed by atoms with E-state index in [1.807, 2.05) is 71.4 Å². The van der Waals surface area contributed by atoms with Gasteiger partial charge in [0.25, 0.3) is 11.8 Å². The summed E-state index contributed by atoms with van der Waals surface area (Å²) in [4.78, 5) is 51.8. The van der Waals surface area contributed by atoms with Crippen molar-refractivity contribution >= 4 is 91.6 Å². The second-order valence-electron chi connectivity index (χ2n) is 30.4. The monoisotopic (exact) mass is 1590 g/mol. The summed E-state index contributed by atoms with van der Waals surface area (Å²) in [5, 5.41) is 44.6. The van der Waals surface area contributed by atoms with Gasteiger partial charge < -0.3 is 57.0 Å². The topological polar surface area (TPSA) is 204 Å². The molecule has 16 nitrogen and oxygen atoms in total. The van der Waals surface area contributed by atoms with Crippen molar-refractivity contribution in [2.45, 2.75) is 242 Å². The van der Waals surface area contributed by atoms with Gasteiger partial charge in [-0.1, -0.05) is 85.9 Å². The van der Waals surface area contributed by atoms with Gasteiger partial charge in [0, 0.05) is 174 Å². The summed E-state index contributed by atoms with van der Waals surface area (Å²) >= 11 is 25.4. The minimum atomic E-state index is -2.92. The Bertz CT molecular complexity index is 4320. The molecule has 4 saturated carbocycles. The first-order valence-electron chi connectivity index (χ1n) is 41.0. The lowest BCUT2D eigenvalue weighted by Gasteiger charge is -2.36. The third-order valence-corrected chi connectivity index (χ3v) is 23.0. The average Bonchev–Trinajstić information content (AvgIpc) is 1.66. The fraction of sp³-hybridized carbons (Fsp3) is 0.571. The molecular formula is C84H108Cl4F4N4O12. The smallest absolute Gasteiger partial charge is 0.250 e. The highest BCUT2D eigenvalue weighted by molar-refractivity contribution is 6.36. The van der Waals surface area contributed by atoms with E-state index in [1.54, 1.807) is 57.6 Å². The molecule has 8 heterocycles. The van der Waals surface area contributed by atoms with Crippen molar-refractivity contribution in [3.05, 3.63) is 163 Å². The van der Waals surface area contributed by atoms with E-state index < -0.39 is 61.2 Å². The molecule has 8 aromatic rings. The zero-order chi connectivity index (χ0) is 83.2. The lowest BCUT2D eigenvalue weighted by molar-refractivity contribution is -0.127. The molecule has 12 rings (SSSR count). The molecule has 6 atom stereocenters. The van der Waals surface area contributed by atoms with E-state index in [1.165, 1.54) is 12.8 Å². The molecule has 108 heavy (non-hydrogen) atoms. The molecule has 2 unspecified atom stereocenters. The summed E-state index contributed by atoms with van der Waals surface area (Å²) in [5.41, 5.74) is 3.19.